The fraction of sp³-hybridized carbons (Fsp3) is 0.471. The smallest absolute Gasteiger partial charge is 0.318 e. The van der Waals surface area contributed by atoms with Gasteiger partial charge in [-0.05, 0) is 63.8 Å². The summed E-state index contributed by atoms with van der Waals surface area (Å²) in [5.74, 6) is -1.46. The first-order chi connectivity index (χ1) is 23.2. The third kappa shape index (κ3) is 6.56. The summed E-state index contributed by atoms with van der Waals surface area (Å²) >= 11 is 6.68. The Bertz CT molecular complexity index is 1830. The van der Waals surface area contributed by atoms with Gasteiger partial charge in [0.1, 0.15) is 5.82 Å². The minimum Gasteiger partial charge on any atom is -0.463 e. The van der Waals surface area contributed by atoms with Crippen LogP contribution >= 0.6 is 11.6 Å². The Balaban J connectivity index is 1.39. The highest BCUT2D eigenvalue weighted by Gasteiger charge is 2.43. The lowest BCUT2D eigenvalue weighted by Crippen LogP contribution is -2.55. The molecule has 1 aromatic heterocycles. The van der Waals surface area contributed by atoms with E-state index in [4.69, 9.17) is 31.8 Å². The molecule has 45 heavy (non-hydrogen) atoms. The van der Waals surface area contributed by atoms with Crippen LogP contribution in [0.15, 0.2) is 48.8 Å². The molecule has 1 aliphatic carbocycles. The van der Waals surface area contributed by atoms with Crippen molar-refractivity contribution in [3.63, 3.8) is 0 Å². The molecular formula is C34H39ClFN7O2. The number of benzene rings is 2. The molecular weight excluding hydrogens is 593 g/mol. The minimum atomic E-state index is -2.44. The van der Waals surface area contributed by atoms with Gasteiger partial charge in [0.05, 0.1) is 45.1 Å². The highest BCUT2D eigenvalue weighted by atomic mass is 35.5. The molecule has 2 fully saturated rings. The van der Waals surface area contributed by atoms with Crippen LogP contribution in [0.4, 0.5) is 15.9 Å². The van der Waals surface area contributed by atoms with Crippen LogP contribution in [-0.4, -0.2) is 85.1 Å². The highest BCUT2D eigenvalue weighted by Crippen LogP contribution is 2.49. The van der Waals surface area contributed by atoms with Crippen molar-refractivity contribution in [3.8, 4) is 12.1 Å². The number of nitrogens with zero attached hydrogens (tertiary/aromatic N) is 7. The molecule has 11 heteroatoms. The number of halogens is 2. The van der Waals surface area contributed by atoms with Crippen LogP contribution < -0.4 is 14.5 Å². The molecule has 3 heterocycles. The molecule has 0 unspecified atom stereocenters. The molecule has 1 atom stereocenters. The molecule has 0 spiro atoms. The number of fused-ring (bicyclic) bond motifs is 2. The van der Waals surface area contributed by atoms with E-state index in [1.165, 1.54) is 4.90 Å². The molecule has 0 radical (unpaired) electrons. The summed E-state index contributed by atoms with van der Waals surface area (Å²) in [5, 5.41) is 12.1. The molecule has 236 valence electrons. The lowest BCUT2D eigenvalue weighted by molar-refractivity contribution is -0.131. The molecule has 2 aromatic carbocycles. The van der Waals surface area contributed by atoms with E-state index in [1.54, 1.807) is 19.0 Å². The molecule has 0 bridgehead atoms. The summed E-state index contributed by atoms with van der Waals surface area (Å²) in [6.07, 6.45) is -0.791. The zero-order chi connectivity index (χ0) is 35.3. The highest BCUT2D eigenvalue weighted by molar-refractivity contribution is 6.36. The van der Waals surface area contributed by atoms with E-state index in [2.05, 4.69) is 17.5 Å². The van der Waals surface area contributed by atoms with E-state index in [0.717, 1.165) is 22.0 Å². The number of piperazine rings is 1. The van der Waals surface area contributed by atoms with Gasteiger partial charge < -0.3 is 24.3 Å². The summed E-state index contributed by atoms with van der Waals surface area (Å²) in [7, 11) is 3.49. The Kier molecular flexibility index (Phi) is 7.49. The zero-order valence-corrected chi connectivity index (χ0v) is 26.3. The molecule has 1 saturated carbocycles. The monoisotopic (exact) mass is 635 g/mol. The quantitative estimate of drug-likeness (QED) is 0.275. The largest absolute Gasteiger partial charge is 0.463 e. The fourth-order valence-electron chi connectivity index (χ4n) is 6.08. The number of aromatic nitrogens is 2. The SMILES string of the molecule is [2H]C([2H])(CN(C)C)C1(C([2H])([2H])Oc2nc3c(c(N4CCN(C(=O)C(=C)F)[C@@H](CC#N)C4)n2)CCN(c2cccc4cccc(Cl)c24)C3)CC1. The zero-order valence-electron chi connectivity index (χ0n) is 29.5. The minimum absolute atomic E-state index is 0.0172. The van der Waals surface area contributed by atoms with Gasteiger partial charge in [-0.3, -0.25) is 4.79 Å². The summed E-state index contributed by atoms with van der Waals surface area (Å²) in [6, 6.07) is 13.0. The second-order valence-corrected chi connectivity index (χ2v) is 12.5. The van der Waals surface area contributed by atoms with Crippen LogP contribution in [0.2, 0.25) is 5.02 Å². The summed E-state index contributed by atoms with van der Waals surface area (Å²) in [4.78, 5) is 29.2. The number of carbonyl (C=O) groups excluding carboxylic acids is 1. The van der Waals surface area contributed by atoms with Gasteiger partial charge in [0.15, 0.2) is 5.83 Å². The molecule has 3 aromatic rings. The number of anilines is 2. The van der Waals surface area contributed by atoms with Crippen molar-refractivity contribution in [2.24, 2.45) is 5.41 Å². The second-order valence-electron chi connectivity index (χ2n) is 12.1. The number of amides is 1. The van der Waals surface area contributed by atoms with Crippen molar-refractivity contribution >= 4 is 39.8 Å². The van der Waals surface area contributed by atoms with Crippen LogP contribution in [0.5, 0.6) is 6.01 Å². The third-order valence-corrected chi connectivity index (χ3v) is 8.93. The second kappa shape index (κ2) is 12.8. The lowest BCUT2D eigenvalue weighted by Gasteiger charge is -2.42. The van der Waals surface area contributed by atoms with Crippen LogP contribution in [0.25, 0.3) is 10.8 Å². The van der Waals surface area contributed by atoms with Gasteiger partial charge in [-0.25, -0.2) is 4.39 Å². The predicted molar refractivity (Wildman–Crippen MR) is 174 cm³/mol. The molecule has 6 rings (SSSR count). The van der Waals surface area contributed by atoms with Gasteiger partial charge in [-0.15, -0.1) is 0 Å². The van der Waals surface area contributed by atoms with E-state index >= 15 is 0 Å². The van der Waals surface area contributed by atoms with Gasteiger partial charge in [-0.1, -0.05) is 42.4 Å². The van der Waals surface area contributed by atoms with Crippen LogP contribution in [0.1, 0.15) is 42.4 Å². The van der Waals surface area contributed by atoms with Crippen molar-refractivity contribution in [1.29, 1.82) is 5.26 Å². The standard InChI is InChI=1S/C34H39ClFN7O2/c1-23(36)32(44)43-19-18-42(20-25(43)10-15-37)31-26-11-16-41(29-9-5-7-24-6-4-8-27(35)30(24)29)21-28(26)38-33(39-31)45-22-34(12-13-34)14-17-40(2)3/h4-9,25H,1,10-14,16-22H2,2-3H3/t25-/m0/s1/i14D2,22D2. The van der Waals surface area contributed by atoms with E-state index in [0.29, 0.717) is 48.9 Å². The number of nitriles is 1. The first kappa shape index (κ1) is 26.3. The maximum absolute atomic E-state index is 13.9. The van der Waals surface area contributed by atoms with Crippen molar-refractivity contribution in [3.05, 3.63) is 65.1 Å². The molecule has 2 aliphatic heterocycles. The molecule has 9 nitrogen and oxygen atoms in total. The third-order valence-electron chi connectivity index (χ3n) is 8.62. The fourth-order valence-corrected chi connectivity index (χ4v) is 6.36. The van der Waals surface area contributed by atoms with E-state index in [-0.39, 0.29) is 38.6 Å². The molecule has 1 saturated heterocycles. The number of ether oxygens (including phenoxy) is 1. The Morgan fingerprint density at radius 1 is 1.22 bits per heavy atom. The Hall–Kier alpha value is -3.94. The molecule has 1 amide bonds. The van der Waals surface area contributed by atoms with Crippen molar-refractivity contribution < 1.29 is 19.4 Å². The molecule has 0 N–H and O–H groups in total. The normalized spacial score (nSPS) is 20.9. The summed E-state index contributed by atoms with van der Waals surface area (Å²) < 4.78 is 55.5. The van der Waals surface area contributed by atoms with Gasteiger partial charge in [-0.2, -0.15) is 15.2 Å². The summed E-state index contributed by atoms with van der Waals surface area (Å²) in [6.45, 7) is 2.24. The van der Waals surface area contributed by atoms with Crippen LogP contribution in [0.3, 0.4) is 0 Å². The Morgan fingerprint density at radius 3 is 2.71 bits per heavy atom. The van der Waals surface area contributed by atoms with Crippen LogP contribution in [0, 0.1) is 16.7 Å². The van der Waals surface area contributed by atoms with Crippen molar-refractivity contribution in [2.75, 3.05) is 63.2 Å². The average Bonchev–Trinajstić information content (AvgIpc) is 3.87. The van der Waals surface area contributed by atoms with Crippen LogP contribution in [-0.2, 0) is 17.8 Å². The molecule has 3 aliphatic rings. The first-order valence-electron chi connectivity index (χ1n) is 17.1. The number of rotatable bonds is 10. The van der Waals surface area contributed by atoms with Gasteiger partial charge >= 0.3 is 6.01 Å². The Labute approximate surface area is 274 Å². The van der Waals surface area contributed by atoms with Crippen molar-refractivity contribution in [1.82, 2.24) is 19.8 Å². The first-order valence-corrected chi connectivity index (χ1v) is 15.5. The average molecular weight is 636 g/mol. The Morgan fingerprint density at radius 2 is 2.00 bits per heavy atom. The number of hydrogen-bond acceptors (Lipinski definition) is 8. The van der Waals surface area contributed by atoms with Gasteiger partial charge in [0.25, 0.3) is 5.91 Å². The topological polar surface area (TPSA) is 88.8 Å². The maximum Gasteiger partial charge on any atom is 0.318 e. The summed E-state index contributed by atoms with van der Waals surface area (Å²) in [5.41, 5.74) is 0.964. The maximum atomic E-state index is 13.9. The van der Waals surface area contributed by atoms with Gasteiger partial charge in [0, 0.05) is 51.0 Å². The predicted octanol–water partition coefficient (Wildman–Crippen LogP) is 5.37. The van der Waals surface area contributed by atoms with Crippen molar-refractivity contribution in [2.45, 2.75) is 44.6 Å². The number of carbonyl (C=O) groups is 1. The van der Waals surface area contributed by atoms with E-state index in [1.807, 2.05) is 41.3 Å². The lowest BCUT2D eigenvalue weighted by atomic mass is 10.0. The number of hydrogen-bond donors (Lipinski definition) is 0. The van der Waals surface area contributed by atoms with Gasteiger partial charge in [0.2, 0.25) is 0 Å². The van der Waals surface area contributed by atoms with E-state index < -0.39 is 36.1 Å². The van der Waals surface area contributed by atoms with E-state index in [9.17, 15) is 14.4 Å².